The maximum absolute atomic E-state index is 12.6. The number of hydrogen-bond donors (Lipinski definition) is 2. The Morgan fingerprint density at radius 2 is 2.11 bits per heavy atom. The fourth-order valence-electron chi connectivity index (χ4n) is 3.91. The van der Waals surface area contributed by atoms with Crippen LogP contribution < -0.4 is 10.6 Å². The summed E-state index contributed by atoms with van der Waals surface area (Å²) in [6.07, 6.45) is 3.56. The molecule has 0 saturated carbocycles. The minimum Gasteiger partial charge on any atom is -0.384 e. The van der Waals surface area contributed by atoms with Crippen molar-refractivity contribution >= 4 is 24.2 Å². The summed E-state index contributed by atoms with van der Waals surface area (Å²) in [6.45, 7) is 4.58. The molecule has 0 atom stereocenters. The fraction of sp³-hybridized carbons (Fsp3) is 0.600. The van der Waals surface area contributed by atoms with Gasteiger partial charge < -0.3 is 20.3 Å². The molecule has 0 spiro atoms. The van der Waals surface area contributed by atoms with Crippen LogP contribution in [-0.4, -0.2) is 56.6 Å². The molecule has 27 heavy (non-hydrogen) atoms. The molecule has 2 aliphatic heterocycles. The van der Waals surface area contributed by atoms with Gasteiger partial charge in [-0.05, 0) is 50.0 Å². The first-order valence-electron chi connectivity index (χ1n) is 9.46. The summed E-state index contributed by atoms with van der Waals surface area (Å²) in [7, 11) is 1.72. The highest BCUT2D eigenvalue weighted by Gasteiger charge is 2.32. The number of hydrogen-bond acceptors (Lipinski definition) is 4. The number of likely N-dealkylation sites (tertiary alicyclic amines) is 1. The average Bonchev–Trinajstić information content (AvgIpc) is 3.06. The third-order valence-corrected chi connectivity index (χ3v) is 5.47. The maximum Gasteiger partial charge on any atom is 0.251 e. The highest BCUT2D eigenvalue weighted by Crippen LogP contribution is 2.28. The number of piperidine rings is 1. The van der Waals surface area contributed by atoms with Gasteiger partial charge in [-0.2, -0.15) is 0 Å². The first-order valence-corrected chi connectivity index (χ1v) is 9.46. The Balaban J connectivity index is 0.00000261. The van der Waals surface area contributed by atoms with Gasteiger partial charge in [-0.15, -0.1) is 12.4 Å². The molecule has 7 heteroatoms. The van der Waals surface area contributed by atoms with E-state index in [0.717, 1.165) is 44.5 Å². The second kappa shape index (κ2) is 10.1. The van der Waals surface area contributed by atoms with E-state index in [4.69, 9.17) is 4.74 Å². The Kier molecular flexibility index (Phi) is 8.07. The SMILES string of the molecule is COCC1(CNC(=O)c2cccc(CN3CCCC3=O)c2)CCNCC1.Cl. The van der Waals surface area contributed by atoms with Gasteiger partial charge in [-0.25, -0.2) is 0 Å². The van der Waals surface area contributed by atoms with E-state index < -0.39 is 0 Å². The van der Waals surface area contributed by atoms with Gasteiger partial charge >= 0.3 is 0 Å². The molecule has 0 bridgehead atoms. The van der Waals surface area contributed by atoms with E-state index in [-0.39, 0.29) is 29.6 Å². The van der Waals surface area contributed by atoms with Crippen LogP contribution in [0.2, 0.25) is 0 Å². The Morgan fingerprint density at radius 3 is 2.78 bits per heavy atom. The number of carbonyl (C=O) groups excluding carboxylic acids is 2. The molecule has 2 fully saturated rings. The van der Waals surface area contributed by atoms with E-state index in [1.54, 1.807) is 7.11 Å². The molecule has 2 aliphatic rings. The molecular formula is C20H30ClN3O3. The molecule has 0 aromatic heterocycles. The van der Waals surface area contributed by atoms with Crippen molar-refractivity contribution in [3.05, 3.63) is 35.4 Å². The van der Waals surface area contributed by atoms with E-state index in [9.17, 15) is 9.59 Å². The third kappa shape index (κ3) is 5.67. The monoisotopic (exact) mass is 395 g/mol. The van der Waals surface area contributed by atoms with Crippen LogP contribution in [0.3, 0.4) is 0 Å². The summed E-state index contributed by atoms with van der Waals surface area (Å²) in [6, 6.07) is 7.59. The second-order valence-electron chi connectivity index (χ2n) is 7.48. The number of ether oxygens (including phenoxy) is 1. The Labute approximate surface area is 167 Å². The molecule has 3 rings (SSSR count). The number of halogens is 1. The van der Waals surface area contributed by atoms with Gasteiger partial charge in [-0.3, -0.25) is 9.59 Å². The van der Waals surface area contributed by atoms with Crippen LogP contribution in [0.4, 0.5) is 0 Å². The van der Waals surface area contributed by atoms with Crippen molar-refractivity contribution in [3.63, 3.8) is 0 Å². The minimum atomic E-state index is -0.0615. The van der Waals surface area contributed by atoms with Crippen molar-refractivity contribution in [2.24, 2.45) is 5.41 Å². The molecule has 2 amide bonds. The van der Waals surface area contributed by atoms with Crippen molar-refractivity contribution in [2.75, 3.05) is 39.9 Å². The molecule has 0 radical (unpaired) electrons. The Bertz CT molecular complexity index is 642. The second-order valence-corrected chi connectivity index (χ2v) is 7.48. The molecule has 6 nitrogen and oxygen atoms in total. The lowest BCUT2D eigenvalue weighted by Crippen LogP contribution is -2.47. The maximum atomic E-state index is 12.6. The predicted molar refractivity (Wildman–Crippen MR) is 107 cm³/mol. The lowest BCUT2D eigenvalue weighted by molar-refractivity contribution is -0.128. The highest BCUT2D eigenvalue weighted by molar-refractivity contribution is 5.94. The summed E-state index contributed by atoms with van der Waals surface area (Å²) >= 11 is 0. The van der Waals surface area contributed by atoms with Crippen LogP contribution in [-0.2, 0) is 16.1 Å². The number of amides is 2. The number of nitrogens with one attached hydrogen (secondary N) is 2. The molecule has 150 valence electrons. The van der Waals surface area contributed by atoms with Gasteiger partial charge in [0.25, 0.3) is 5.91 Å². The summed E-state index contributed by atoms with van der Waals surface area (Å²) < 4.78 is 5.41. The van der Waals surface area contributed by atoms with Crippen molar-refractivity contribution in [1.29, 1.82) is 0 Å². The van der Waals surface area contributed by atoms with Crippen LogP contribution in [0.5, 0.6) is 0 Å². The van der Waals surface area contributed by atoms with Gasteiger partial charge in [0.1, 0.15) is 0 Å². The lowest BCUT2D eigenvalue weighted by atomic mass is 9.79. The van der Waals surface area contributed by atoms with Crippen LogP contribution in [0.25, 0.3) is 0 Å². The van der Waals surface area contributed by atoms with E-state index in [2.05, 4.69) is 10.6 Å². The highest BCUT2D eigenvalue weighted by atomic mass is 35.5. The summed E-state index contributed by atoms with van der Waals surface area (Å²) in [5, 5.41) is 6.46. The summed E-state index contributed by atoms with van der Waals surface area (Å²) in [5.41, 5.74) is 1.66. The first-order chi connectivity index (χ1) is 12.6. The van der Waals surface area contributed by atoms with Crippen LogP contribution in [0, 0.1) is 5.41 Å². The first kappa shape index (κ1) is 21.7. The number of methoxy groups -OCH3 is 1. The Hall–Kier alpha value is -1.63. The molecule has 2 heterocycles. The number of benzene rings is 1. The summed E-state index contributed by atoms with van der Waals surface area (Å²) in [4.78, 5) is 26.3. The van der Waals surface area contributed by atoms with E-state index in [0.29, 0.717) is 31.7 Å². The van der Waals surface area contributed by atoms with Crippen LogP contribution in [0.15, 0.2) is 24.3 Å². The normalized spacial score (nSPS) is 18.9. The zero-order chi connectivity index (χ0) is 18.4. The van der Waals surface area contributed by atoms with Gasteiger partial charge in [0.15, 0.2) is 0 Å². The lowest BCUT2D eigenvalue weighted by Gasteiger charge is -2.37. The van der Waals surface area contributed by atoms with Gasteiger partial charge in [0, 0.05) is 44.1 Å². The Morgan fingerprint density at radius 1 is 1.33 bits per heavy atom. The average molecular weight is 396 g/mol. The molecule has 2 saturated heterocycles. The van der Waals surface area contributed by atoms with Gasteiger partial charge in [0.2, 0.25) is 5.91 Å². The van der Waals surface area contributed by atoms with Gasteiger partial charge in [-0.1, -0.05) is 12.1 Å². The standard InChI is InChI=1S/C20H29N3O3.ClH/c1-26-15-20(7-9-21-10-8-20)14-22-19(25)17-5-2-4-16(12-17)13-23-11-3-6-18(23)24;/h2,4-5,12,21H,3,6-11,13-15H2,1H3,(H,22,25);1H. The zero-order valence-electron chi connectivity index (χ0n) is 16.0. The smallest absolute Gasteiger partial charge is 0.251 e. The molecule has 1 aromatic carbocycles. The van der Waals surface area contributed by atoms with Crippen LogP contribution in [0.1, 0.15) is 41.6 Å². The number of nitrogens with zero attached hydrogens (tertiary/aromatic N) is 1. The van der Waals surface area contributed by atoms with E-state index >= 15 is 0 Å². The quantitative estimate of drug-likeness (QED) is 0.740. The van der Waals surface area contributed by atoms with Gasteiger partial charge in [0.05, 0.1) is 6.61 Å². The van der Waals surface area contributed by atoms with Crippen molar-refractivity contribution < 1.29 is 14.3 Å². The molecule has 2 N–H and O–H groups in total. The fourth-order valence-corrected chi connectivity index (χ4v) is 3.91. The molecule has 1 aromatic rings. The van der Waals surface area contributed by atoms with E-state index in [1.807, 2.05) is 29.2 Å². The van der Waals surface area contributed by atoms with Crippen LogP contribution >= 0.6 is 12.4 Å². The van der Waals surface area contributed by atoms with Crippen molar-refractivity contribution in [1.82, 2.24) is 15.5 Å². The molecule has 0 unspecified atom stereocenters. The largest absolute Gasteiger partial charge is 0.384 e. The minimum absolute atomic E-state index is 0. The topological polar surface area (TPSA) is 70.7 Å². The third-order valence-electron chi connectivity index (χ3n) is 5.47. The van der Waals surface area contributed by atoms with E-state index in [1.165, 1.54) is 0 Å². The number of rotatable bonds is 7. The predicted octanol–water partition coefficient (Wildman–Crippen LogP) is 1.98. The van der Waals surface area contributed by atoms with Crippen molar-refractivity contribution in [2.45, 2.75) is 32.2 Å². The zero-order valence-corrected chi connectivity index (χ0v) is 16.8. The summed E-state index contributed by atoms with van der Waals surface area (Å²) in [5.74, 6) is 0.140. The molecule has 0 aliphatic carbocycles. The number of carbonyl (C=O) groups is 2. The van der Waals surface area contributed by atoms with Crippen molar-refractivity contribution in [3.8, 4) is 0 Å². The molecular weight excluding hydrogens is 366 g/mol.